The zero-order valence-electron chi connectivity index (χ0n) is 15.0. The third-order valence-corrected chi connectivity index (χ3v) is 4.40. The molecule has 0 fully saturated rings. The number of benzene rings is 2. The van der Waals surface area contributed by atoms with Crippen molar-refractivity contribution in [3.8, 4) is 17.1 Å². The van der Waals surface area contributed by atoms with Crippen LogP contribution in [0.5, 0.6) is 5.75 Å². The predicted octanol–water partition coefficient (Wildman–Crippen LogP) is 4.26. The number of hydrogen-bond acceptors (Lipinski definition) is 5. The molecule has 28 heavy (non-hydrogen) atoms. The lowest BCUT2D eigenvalue weighted by atomic mass is 10.2. The normalized spacial score (nSPS) is 10.9. The summed E-state index contributed by atoms with van der Waals surface area (Å²) in [5.74, 6) is 1.97. The zero-order chi connectivity index (χ0) is 19.3. The summed E-state index contributed by atoms with van der Waals surface area (Å²) in [4.78, 5) is 12.6. The fourth-order valence-electron chi connectivity index (χ4n) is 2.88. The number of aliphatic hydroxyl groups excluding tert-OH is 1. The van der Waals surface area contributed by atoms with E-state index in [-0.39, 0.29) is 6.61 Å². The van der Waals surface area contributed by atoms with Crippen LogP contribution in [0.25, 0.3) is 22.4 Å². The minimum Gasteiger partial charge on any atom is -0.487 e. The molecule has 3 N–H and O–H groups in total. The van der Waals surface area contributed by atoms with Crippen molar-refractivity contribution in [1.29, 1.82) is 0 Å². The first-order valence-electron chi connectivity index (χ1n) is 8.91. The molecule has 0 spiro atoms. The third-order valence-electron chi connectivity index (χ3n) is 4.17. The molecule has 4 aromatic rings. The number of halogens is 1. The van der Waals surface area contributed by atoms with E-state index in [4.69, 9.17) is 16.3 Å². The maximum Gasteiger partial charge on any atom is 0.163 e. The van der Waals surface area contributed by atoms with Gasteiger partial charge in [-0.1, -0.05) is 48.0 Å². The molecule has 142 valence electrons. The second kappa shape index (κ2) is 8.29. The number of hydrogen-bond donors (Lipinski definition) is 3. The molecule has 7 heteroatoms. The lowest BCUT2D eigenvalue weighted by molar-refractivity contribution is 0.302. The lowest BCUT2D eigenvalue weighted by Gasteiger charge is -2.07. The maximum atomic E-state index is 9.18. The third kappa shape index (κ3) is 4.08. The number of aromatic amines is 1. The molecule has 0 bridgehead atoms. The Bertz CT molecular complexity index is 1080. The minimum absolute atomic E-state index is 0.0152. The van der Waals surface area contributed by atoms with Crippen LogP contribution >= 0.6 is 11.6 Å². The van der Waals surface area contributed by atoms with Crippen molar-refractivity contribution >= 4 is 28.5 Å². The van der Waals surface area contributed by atoms with Crippen molar-refractivity contribution in [3.63, 3.8) is 0 Å². The largest absolute Gasteiger partial charge is 0.487 e. The zero-order valence-corrected chi connectivity index (χ0v) is 15.8. The van der Waals surface area contributed by atoms with Gasteiger partial charge in [-0.05, 0) is 24.3 Å². The van der Waals surface area contributed by atoms with E-state index >= 15 is 0 Å². The van der Waals surface area contributed by atoms with Gasteiger partial charge in [0.05, 0.1) is 17.7 Å². The molecular weight excluding hydrogens is 376 g/mol. The van der Waals surface area contributed by atoms with Gasteiger partial charge in [0, 0.05) is 17.1 Å². The van der Waals surface area contributed by atoms with E-state index in [0.29, 0.717) is 41.2 Å². The Hall–Kier alpha value is -3.09. The Kier molecular flexibility index (Phi) is 5.41. The van der Waals surface area contributed by atoms with E-state index in [1.165, 1.54) is 0 Å². The Morgan fingerprint density at radius 3 is 2.68 bits per heavy atom. The summed E-state index contributed by atoms with van der Waals surface area (Å²) in [5.41, 5.74) is 2.49. The average Bonchev–Trinajstić information content (AvgIpc) is 3.14. The molecule has 0 radical (unpaired) electrons. The quantitative estimate of drug-likeness (QED) is 0.436. The fraction of sp³-hybridized carbons (Fsp3) is 0.143. The number of anilines is 1. The molecule has 6 nitrogen and oxygen atoms in total. The highest BCUT2D eigenvalue weighted by molar-refractivity contribution is 6.30. The summed E-state index contributed by atoms with van der Waals surface area (Å²) in [7, 11) is 0. The molecule has 0 saturated heterocycles. The standard InChI is InChI=1S/C21H19ClN4O2/c22-15-7-4-8-17(11-15)28-13-16-12-18-20(23-9-10-27)25-19(26-21(18)24-16)14-5-2-1-3-6-14/h1-8,11-12,27H,9-10,13H2,(H2,23,24,25,26). The summed E-state index contributed by atoms with van der Waals surface area (Å²) in [6.07, 6.45) is 0. The fourth-order valence-corrected chi connectivity index (χ4v) is 3.07. The summed E-state index contributed by atoms with van der Waals surface area (Å²) in [6.45, 7) is 0.762. The van der Waals surface area contributed by atoms with Gasteiger partial charge in [0.1, 0.15) is 23.8 Å². The van der Waals surface area contributed by atoms with E-state index in [1.54, 1.807) is 12.1 Å². The monoisotopic (exact) mass is 394 g/mol. The van der Waals surface area contributed by atoms with Crippen molar-refractivity contribution in [1.82, 2.24) is 15.0 Å². The molecule has 0 amide bonds. The topological polar surface area (TPSA) is 83.1 Å². The number of nitrogens with one attached hydrogen (secondary N) is 2. The lowest BCUT2D eigenvalue weighted by Crippen LogP contribution is -2.08. The van der Waals surface area contributed by atoms with E-state index in [9.17, 15) is 5.11 Å². The van der Waals surface area contributed by atoms with Crippen molar-refractivity contribution in [2.75, 3.05) is 18.5 Å². The van der Waals surface area contributed by atoms with Crippen LogP contribution in [0, 0.1) is 0 Å². The summed E-state index contributed by atoms with van der Waals surface area (Å²) < 4.78 is 5.81. The minimum atomic E-state index is 0.0152. The van der Waals surface area contributed by atoms with E-state index in [2.05, 4.69) is 20.3 Å². The molecule has 0 aliphatic carbocycles. The summed E-state index contributed by atoms with van der Waals surface area (Å²) in [5, 5.41) is 13.8. The Balaban J connectivity index is 1.66. The maximum absolute atomic E-state index is 9.18. The first kappa shape index (κ1) is 18.3. The second-order valence-electron chi connectivity index (χ2n) is 6.22. The molecular formula is C21H19ClN4O2. The number of aromatic nitrogens is 3. The van der Waals surface area contributed by atoms with Crippen LogP contribution in [0.15, 0.2) is 60.7 Å². The number of H-pyrrole nitrogens is 1. The van der Waals surface area contributed by atoms with Crippen LogP contribution < -0.4 is 10.1 Å². The van der Waals surface area contributed by atoms with Crippen molar-refractivity contribution in [2.24, 2.45) is 0 Å². The van der Waals surface area contributed by atoms with Crippen LogP contribution in [0.3, 0.4) is 0 Å². The number of aliphatic hydroxyl groups is 1. The van der Waals surface area contributed by atoms with E-state index < -0.39 is 0 Å². The van der Waals surface area contributed by atoms with E-state index in [1.807, 2.05) is 48.5 Å². The highest BCUT2D eigenvalue weighted by Crippen LogP contribution is 2.26. The Morgan fingerprint density at radius 2 is 1.89 bits per heavy atom. The molecule has 0 aliphatic rings. The van der Waals surface area contributed by atoms with Crippen LogP contribution in [0.1, 0.15) is 5.69 Å². The van der Waals surface area contributed by atoms with Gasteiger partial charge in [0.15, 0.2) is 5.82 Å². The van der Waals surface area contributed by atoms with Crippen LogP contribution in [0.2, 0.25) is 5.02 Å². The number of nitrogens with zero attached hydrogens (tertiary/aromatic N) is 2. The highest BCUT2D eigenvalue weighted by atomic mass is 35.5. The summed E-state index contributed by atoms with van der Waals surface area (Å²) >= 11 is 6.00. The second-order valence-corrected chi connectivity index (χ2v) is 6.65. The van der Waals surface area contributed by atoms with Gasteiger partial charge in [-0.15, -0.1) is 0 Å². The van der Waals surface area contributed by atoms with Gasteiger partial charge in [-0.2, -0.15) is 0 Å². The van der Waals surface area contributed by atoms with Crippen molar-refractivity contribution < 1.29 is 9.84 Å². The van der Waals surface area contributed by atoms with E-state index in [0.717, 1.165) is 16.6 Å². The molecule has 0 saturated carbocycles. The van der Waals surface area contributed by atoms with Gasteiger partial charge in [-0.25, -0.2) is 9.97 Å². The Labute approximate surface area is 167 Å². The molecule has 2 aromatic carbocycles. The van der Waals surface area contributed by atoms with Crippen LogP contribution in [-0.4, -0.2) is 33.2 Å². The van der Waals surface area contributed by atoms with Crippen molar-refractivity contribution in [3.05, 3.63) is 71.4 Å². The molecule has 2 aromatic heterocycles. The first-order valence-corrected chi connectivity index (χ1v) is 9.29. The number of ether oxygens (including phenoxy) is 1. The van der Waals surface area contributed by atoms with Crippen molar-refractivity contribution in [2.45, 2.75) is 6.61 Å². The molecule has 2 heterocycles. The number of fused-ring (bicyclic) bond motifs is 1. The molecule has 0 atom stereocenters. The van der Waals surface area contributed by atoms with Crippen LogP contribution in [-0.2, 0) is 6.61 Å². The van der Waals surface area contributed by atoms with Gasteiger partial charge in [0.25, 0.3) is 0 Å². The summed E-state index contributed by atoms with van der Waals surface area (Å²) in [6, 6.07) is 19.0. The molecule has 4 rings (SSSR count). The molecule has 0 aliphatic heterocycles. The number of rotatable bonds is 7. The SMILES string of the molecule is OCCNc1nc(-c2ccccc2)nc2[nH]c(COc3cccc(Cl)c3)cc12. The van der Waals surface area contributed by atoms with Gasteiger partial charge in [0.2, 0.25) is 0 Å². The average molecular weight is 395 g/mol. The smallest absolute Gasteiger partial charge is 0.163 e. The molecule has 0 unspecified atom stereocenters. The van der Waals surface area contributed by atoms with Gasteiger partial charge < -0.3 is 20.1 Å². The van der Waals surface area contributed by atoms with Gasteiger partial charge >= 0.3 is 0 Å². The highest BCUT2D eigenvalue weighted by Gasteiger charge is 2.13. The predicted molar refractivity (Wildman–Crippen MR) is 111 cm³/mol. The first-order chi connectivity index (χ1) is 13.7. The Morgan fingerprint density at radius 1 is 1.04 bits per heavy atom. The van der Waals surface area contributed by atoms with Gasteiger partial charge in [-0.3, -0.25) is 0 Å². The van der Waals surface area contributed by atoms with Crippen LogP contribution in [0.4, 0.5) is 5.82 Å².